The minimum absolute atomic E-state index is 0.00525. The molecule has 6 N–H and O–H groups in total. The van der Waals surface area contributed by atoms with Crippen LogP contribution >= 0.6 is 0 Å². The van der Waals surface area contributed by atoms with Crippen molar-refractivity contribution in [3.8, 4) is 0 Å². The van der Waals surface area contributed by atoms with Gasteiger partial charge in [-0.05, 0) is 19.8 Å². The first kappa shape index (κ1) is 84.9. The average Bonchev–Trinajstić information content (AvgIpc) is 3.72. The lowest BCUT2D eigenvalue weighted by Crippen LogP contribution is -2.43. The second-order valence-corrected chi connectivity index (χ2v) is 17.4. The summed E-state index contributed by atoms with van der Waals surface area (Å²) < 4.78 is 122. The standard InChI is InChI=1S/C51H90N4O35/c1-41(56)45(55-47(60)9-8-46(59)53-18-49(62)54-19-48(61)52-17-43(58)16-44(50(63)64)51(65)66)7-5-3-4-6-42(57)10-11-68-14-15-70-21-72-23-74-25-76-27-78-29-80-31-82-33-84-35-86-37-88-39-90-40-89-38-87-36-85-34-83-32-81-30-79-28-77-26-75-24-73-22-71-20-69-13-12-67-2/h44-45H,3-40H2,1-2H3,(H,52,61)(H,53,59)(H,54,62)(H,55,60)(H,63,64)(H,65,66). The molecule has 4 amide bonds. The molecule has 39 heteroatoms. The van der Waals surface area contributed by atoms with E-state index in [1.165, 1.54) is 6.92 Å². The van der Waals surface area contributed by atoms with Gasteiger partial charge in [-0.2, -0.15) is 0 Å². The van der Waals surface area contributed by atoms with Crippen LogP contribution in [0.15, 0.2) is 0 Å². The van der Waals surface area contributed by atoms with Crippen molar-refractivity contribution >= 4 is 52.9 Å². The number of ether oxygens (including phenoxy) is 24. The third-order valence-corrected chi connectivity index (χ3v) is 10.1. The van der Waals surface area contributed by atoms with E-state index in [4.69, 9.17) is 124 Å². The Kier molecular flexibility index (Phi) is 61.6. The molecule has 0 aromatic heterocycles. The van der Waals surface area contributed by atoms with Gasteiger partial charge in [-0.3, -0.25) is 43.2 Å². The molecular formula is C51H90N4O35. The van der Waals surface area contributed by atoms with Crippen molar-refractivity contribution in [2.45, 2.75) is 70.8 Å². The second-order valence-electron chi connectivity index (χ2n) is 17.4. The van der Waals surface area contributed by atoms with E-state index < -0.39 is 79.4 Å². The van der Waals surface area contributed by atoms with Gasteiger partial charge in [-0.1, -0.05) is 12.8 Å². The SMILES string of the molecule is COCCOCOCOCOCOCOCOCOCOCOCOCOCOCOCOCOCOCOCOCOCOCOCCOCCC(=O)CCCCCC(NC(=O)CCC(=O)NCC(=O)NCC(=O)NCC(=O)CC(C(=O)O)C(=O)O)C(C)=O. The first-order chi connectivity index (χ1) is 43.8. The van der Waals surface area contributed by atoms with E-state index in [0.29, 0.717) is 45.3 Å². The molecule has 0 aromatic rings. The molecule has 0 aliphatic heterocycles. The van der Waals surface area contributed by atoms with E-state index in [0.717, 1.165) is 0 Å². The second kappa shape index (κ2) is 65.4. The number of hydrogen-bond donors (Lipinski definition) is 6. The van der Waals surface area contributed by atoms with Gasteiger partial charge in [0, 0.05) is 39.2 Å². The molecule has 0 rings (SSSR count). The predicted molar refractivity (Wildman–Crippen MR) is 290 cm³/mol. The highest BCUT2D eigenvalue weighted by Gasteiger charge is 2.28. The van der Waals surface area contributed by atoms with Crippen LogP contribution in [0.5, 0.6) is 0 Å². The summed E-state index contributed by atoms with van der Waals surface area (Å²) in [5.74, 6) is -9.34. The Morgan fingerprint density at radius 3 is 1.00 bits per heavy atom. The maximum Gasteiger partial charge on any atom is 0.318 e. The van der Waals surface area contributed by atoms with Crippen LogP contribution in [0.2, 0.25) is 0 Å². The number of methoxy groups -OCH3 is 1. The zero-order valence-electron chi connectivity index (χ0n) is 50.9. The maximum absolute atomic E-state index is 12.4. The Morgan fingerprint density at radius 2 is 0.644 bits per heavy atom. The Bertz CT molecular complexity index is 1820. The molecule has 524 valence electrons. The van der Waals surface area contributed by atoms with Crippen molar-refractivity contribution in [1.29, 1.82) is 0 Å². The number of carboxylic acids is 2. The largest absolute Gasteiger partial charge is 0.481 e. The topological polar surface area (TPSA) is 464 Å². The van der Waals surface area contributed by atoms with Gasteiger partial charge in [-0.15, -0.1) is 0 Å². The molecule has 0 saturated carbocycles. The van der Waals surface area contributed by atoms with E-state index in [-0.39, 0.29) is 193 Å². The Hall–Kier alpha value is -5.13. The van der Waals surface area contributed by atoms with Crippen LogP contribution in [-0.4, -0.2) is 272 Å². The number of carbonyl (C=O) groups excluding carboxylic acids is 7. The number of carbonyl (C=O) groups is 9. The summed E-state index contributed by atoms with van der Waals surface area (Å²) in [4.78, 5) is 106. The van der Waals surface area contributed by atoms with Crippen LogP contribution in [0, 0.1) is 5.92 Å². The zero-order valence-corrected chi connectivity index (χ0v) is 50.9. The molecule has 0 saturated heterocycles. The highest BCUT2D eigenvalue weighted by Crippen LogP contribution is 2.09. The Balaban J connectivity index is 3.47. The van der Waals surface area contributed by atoms with Crippen LogP contribution in [0.3, 0.4) is 0 Å². The number of Topliss-reactive ketones (excluding diaryl/α,β-unsaturated/α-hetero) is 3. The van der Waals surface area contributed by atoms with Gasteiger partial charge < -0.3 is 145 Å². The predicted octanol–water partition coefficient (Wildman–Crippen LogP) is -2.02. The van der Waals surface area contributed by atoms with Gasteiger partial charge >= 0.3 is 11.9 Å². The molecule has 0 heterocycles. The van der Waals surface area contributed by atoms with Crippen LogP contribution in [-0.2, 0) is 157 Å². The minimum Gasteiger partial charge on any atom is -0.481 e. The lowest BCUT2D eigenvalue weighted by molar-refractivity contribution is -0.242. The van der Waals surface area contributed by atoms with Crippen molar-refractivity contribution in [1.82, 2.24) is 21.3 Å². The molecule has 0 bridgehead atoms. The van der Waals surface area contributed by atoms with Crippen LogP contribution in [0.25, 0.3) is 0 Å². The minimum atomic E-state index is -1.97. The van der Waals surface area contributed by atoms with E-state index in [1.54, 1.807) is 7.11 Å². The Labute approximate surface area is 519 Å². The van der Waals surface area contributed by atoms with Crippen molar-refractivity contribution in [3.63, 3.8) is 0 Å². The van der Waals surface area contributed by atoms with Crippen LogP contribution in [0.1, 0.15) is 64.7 Å². The number of nitrogens with one attached hydrogen (secondary N) is 4. The molecule has 1 atom stereocenters. The van der Waals surface area contributed by atoms with E-state index in [9.17, 15) is 43.2 Å². The molecule has 0 fully saturated rings. The highest BCUT2D eigenvalue weighted by atomic mass is 16.9. The van der Waals surface area contributed by atoms with Crippen molar-refractivity contribution in [2.75, 3.05) is 202 Å². The summed E-state index contributed by atoms with van der Waals surface area (Å²) in [5, 5.41) is 26.8. The van der Waals surface area contributed by atoms with E-state index in [1.807, 2.05) is 0 Å². The van der Waals surface area contributed by atoms with Gasteiger partial charge in [0.25, 0.3) is 0 Å². The van der Waals surface area contributed by atoms with Gasteiger partial charge in [-0.25, -0.2) is 0 Å². The number of aliphatic carboxylic acids is 2. The first-order valence-electron chi connectivity index (χ1n) is 27.6. The molecule has 39 nitrogen and oxygen atoms in total. The molecule has 0 radical (unpaired) electrons. The number of ketones is 3. The van der Waals surface area contributed by atoms with E-state index in [2.05, 4.69) is 21.3 Å². The van der Waals surface area contributed by atoms with Crippen molar-refractivity contribution in [2.24, 2.45) is 5.92 Å². The lowest BCUT2D eigenvalue weighted by Gasteiger charge is -2.16. The number of unbranched alkanes of at least 4 members (excludes halogenated alkanes) is 2. The number of rotatable bonds is 72. The van der Waals surface area contributed by atoms with Crippen molar-refractivity contribution in [3.05, 3.63) is 0 Å². The number of amides is 4. The summed E-state index contributed by atoms with van der Waals surface area (Å²) in [6.07, 6.45) is 1.18. The molecule has 0 aliphatic rings. The highest BCUT2D eigenvalue weighted by molar-refractivity contribution is 5.99. The number of carboxylic acid groups (broad SMARTS) is 2. The fourth-order valence-electron chi connectivity index (χ4n) is 5.78. The maximum atomic E-state index is 12.4. The fourth-order valence-corrected chi connectivity index (χ4v) is 5.78. The molecular weight excluding hydrogens is 1230 g/mol. The normalized spacial score (nSPS) is 11.6. The lowest BCUT2D eigenvalue weighted by atomic mass is 10.0. The third kappa shape index (κ3) is 61.7. The summed E-state index contributed by atoms with van der Waals surface area (Å²) in [6, 6.07) is -0.789. The molecule has 0 aliphatic carbocycles. The van der Waals surface area contributed by atoms with Crippen molar-refractivity contribution < 1.29 is 167 Å². The van der Waals surface area contributed by atoms with Gasteiger partial charge in [0.15, 0.2) is 147 Å². The number of hydrogen-bond acceptors (Lipinski definition) is 33. The summed E-state index contributed by atoms with van der Waals surface area (Å²) >= 11 is 0. The van der Waals surface area contributed by atoms with Crippen LogP contribution in [0.4, 0.5) is 0 Å². The smallest absolute Gasteiger partial charge is 0.318 e. The zero-order chi connectivity index (χ0) is 66.0. The van der Waals surface area contributed by atoms with E-state index >= 15 is 0 Å². The van der Waals surface area contributed by atoms with Gasteiger partial charge in [0.2, 0.25) is 23.6 Å². The fraction of sp³-hybridized carbons (Fsp3) is 0.824. The van der Waals surface area contributed by atoms with Gasteiger partial charge in [0.05, 0.1) is 58.7 Å². The summed E-state index contributed by atoms with van der Waals surface area (Å²) in [5.41, 5.74) is 0. The first-order valence-corrected chi connectivity index (χ1v) is 27.6. The molecule has 90 heavy (non-hydrogen) atoms. The average molecular weight is 1320 g/mol. The summed E-state index contributed by atoms with van der Waals surface area (Å²) in [6.45, 7) is -0.555. The molecule has 0 aromatic carbocycles. The molecule has 0 spiro atoms. The third-order valence-electron chi connectivity index (χ3n) is 10.1. The van der Waals surface area contributed by atoms with Crippen LogP contribution < -0.4 is 21.3 Å². The van der Waals surface area contributed by atoms with Gasteiger partial charge in [0.1, 0.15) is 19.4 Å². The monoisotopic (exact) mass is 1320 g/mol. The summed E-state index contributed by atoms with van der Waals surface area (Å²) in [7, 11) is 1.58. The quantitative estimate of drug-likeness (QED) is 0.0217. The molecule has 1 unspecified atom stereocenters. The Morgan fingerprint density at radius 1 is 0.322 bits per heavy atom.